The molecular formula is C14H16BrFN2O. The summed E-state index contributed by atoms with van der Waals surface area (Å²) < 4.78 is 19.5. The molecule has 0 bridgehead atoms. The van der Waals surface area contributed by atoms with Gasteiger partial charge >= 0.3 is 0 Å². The van der Waals surface area contributed by atoms with E-state index in [0.717, 1.165) is 19.6 Å². The number of nitriles is 1. The molecule has 2 rings (SSSR count). The van der Waals surface area contributed by atoms with Gasteiger partial charge in [0, 0.05) is 6.54 Å². The molecule has 0 amide bonds. The molecule has 19 heavy (non-hydrogen) atoms. The molecule has 1 saturated heterocycles. The largest absolute Gasteiger partial charge is 0.489 e. The van der Waals surface area contributed by atoms with E-state index >= 15 is 0 Å². The number of rotatable bonds is 4. The van der Waals surface area contributed by atoms with Gasteiger partial charge in [-0.25, -0.2) is 4.39 Å². The maximum atomic E-state index is 13.9. The highest BCUT2D eigenvalue weighted by Gasteiger charge is 2.13. The standard InChI is InChI=1S/C14H16BrFN2O/c15-13-11(10-17)4-5-12(14(13)16)19-9-8-18-6-2-1-3-7-18/h4-5H,1-3,6-9H2. The first-order chi connectivity index (χ1) is 9.22. The number of ether oxygens (including phenoxy) is 1. The van der Waals surface area contributed by atoms with Crippen molar-refractivity contribution in [3.63, 3.8) is 0 Å². The Balaban J connectivity index is 1.89. The molecule has 3 nitrogen and oxygen atoms in total. The third kappa shape index (κ3) is 3.68. The van der Waals surface area contributed by atoms with E-state index in [9.17, 15) is 4.39 Å². The Morgan fingerprint density at radius 1 is 1.32 bits per heavy atom. The highest BCUT2D eigenvalue weighted by Crippen LogP contribution is 2.28. The lowest BCUT2D eigenvalue weighted by Gasteiger charge is -2.26. The van der Waals surface area contributed by atoms with E-state index in [0.29, 0.717) is 6.61 Å². The highest BCUT2D eigenvalue weighted by molar-refractivity contribution is 9.10. The van der Waals surface area contributed by atoms with E-state index in [4.69, 9.17) is 10.00 Å². The van der Waals surface area contributed by atoms with Crippen LogP contribution in [0.15, 0.2) is 16.6 Å². The molecule has 1 aromatic carbocycles. The Morgan fingerprint density at radius 2 is 2.05 bits per heavy atom. The molecule has 0 spiro atoms. The van der Waals surface area contributed by atoms with Crippen LogP contribution in [-0.4, -0.2) is 31.1 Å². The molecule has 1 aliphatic rings. The van der Waals surface area contributed by atoms with Crippen molar-refractivity contribution in [2.45, 2.75) is 19.3 Å². The maximum absolute atomic E-state index is 13.9. The van der Waals surface area contributed by atoms with Crippen LogP contribution in [-0.2, 0) is 0 Å². The van der Waals surface area contributed by atoms with Gasteiger partial charge in [0.2, 0.25) is 0 Å². The fourth-order valence-corrected chi connectivity index (χ4v) is 2.61. The van der Waals surface area contributed by atoms with E-state index in [1.165, 1.54) is 25.3 Å². The summed E-state index contributed by atoms with van der Waals surface area (Å²) in [4.78, 5) is 2.33. The van der Waals surface area contributed by atoms with Gasteiger partial charge < -0.3 is 4.74 Å². The van der Waals surface area contributed by atoms with Crippen LogP contribution in [0, 0.1) is 17.1 Å². The van der Waals surface area contributed by atoms with Crippen LogP contribution < -0.4 is 4.74 Å². The van der Waals surface area contributed by atoms with Crippen LogP contribution >= 0.6 is 15.9 Å². The van der Waals surface area contributed by atoms with Crippen molar-refractivity contribution in [3.05, 3.63) is 28.0 Å². The van der Waals surface area contributed by atoms with Crippen LogP contribution in [0.5, 0.6) is 5.75 Å². The summed E-state index contributed by atoms with van der Waals surface area (Å²) in [6.45, 7) is 3.48. The number of likely N-dealkylation sites (tertiary alicyclic amines) is 1. The molecular weight excluding hydrogens is 311 g/mol. The van der Waals surface area contributed by atoms with Crippen LogP contribution in [0.25, 0.3) is 0 Å². The minimum absolute atomic E-state index is 0.172. The third-order valence-electron chi connectivity index (χ3n) is 3.28. The first-order valence-corrected chi connectivity index (χ1v) is 7.25. The topological polar surface area (TPSA) is 36.3 Å². The van der Waals surface area contributed by atoms with Crippen LogP contribution in [0.3, 0.4) is 0 Å². The summed E-state index contributed by atoms with van der Waals surface area (Å²) in [5.74, 6) is -0.305. The summed E-state index contributed by atoms with van der Waals surface area (Å²) in [5.41, 5.74) is 0.279. The van der Waals surface area contributed by atoms with Crippen molar-refractivity contribution in [1.29, 1.82) is 5.26 Å². The Labute approximate surface area is 121 Å². The van der Waals surface area contributed by atoms with Gasteiger partial charge in [-0.1, -0.05) is 6.42 Å². The second kappa shape index (κ2) is 6.88. The zero-order valence-corrected chi connectivity index (χ0v) is 12.2. The van der Waals surface area contributed by atoms with E-state index < -0.39 is 5.82 Å². The molecule has 102 valence electrons. The van der Waals surface area contributed by atoms with Gasteiger partial charge in [0.15, 0.2) is 11.6 Å². The van der Waals surface area contributed by atoms with E-state index in [1.807, 2.05) is 6.07 Å². The van der Waals surface area contributed by atoms with Crippen LogP contribution in [0.1, 0.15) is 24.8 Å². The van der Waals surface area contributed by atoms with Crippen molar-refractivity contribution >= 4 is 15.9 Å². The molecule has 0 unspecified atom stereocenters. The lowest BCUT2D eigenvalue weighted by Crippen LogP contribution is -2.33. The minimum Gasteiger partial charge on any atom is -0.489 e. The molecule has 1 heterocycles. The first-order valence-electron chi connectivity index (χ1n) is 6.45. The highest BCUT2D eigenvalue weighted by atomic mass is 79.9. The SMILES string of the molecule is N#Cc1ccc(OCCN2CCCCC2)c(F)c1Br. The summed E-state index contributed by atoms with van der Waals surface area (Å²) >= 11 is 3.07. The molecule has 0 N–H and O–H groups in total. The summed E-state index contributed by atoms with van der Waals surface area (Å²) in [5, 5.41) is 8.79. The number of benzene rings is 1. The fourth-order valence-electron chi connectivity index (χ4n) is 2.20. The quantitative estimate of drug-likeness (QED) is 0.851. The minimum atomic E-state index is -0.502. The molecule has 0 saturated carbocycles. The number of piperidine rings is 1. The number of hydrogen-bond acceptors (Lipinski definition) is 3. The summed E-state index contributed by atoms with van der Waals surface area (Å²) in [7, 11) is 0. The van der Waals surface area contributed by atoms with E-state index in [2.05, 4.69) is 20.8 Å². The predicted molar refractivity (Wildman–Crippen MR) is 74.6 cm³/mol. The average Bonchev–Trinajstić information content (AvgIpc) is 2.45. The zero-order valence-electron chi connectivity index (χ0n) is 10.7. The van der Waals surface area contributed by atoms with Gasteiger partial charge in [0.05, 0.1) is 10.0 Å². The second-order valence-corrected chi connectivity index (χ2v) is 5.39. The predicted octanol–water partition coefficient (Wildman–Crippen LogP) is 3.32. The second-order valence-electron chi connectivity index (χ2n) is 4.60. The summed E-state index contributed by atoms with van der Waals surface area (Å²) in [6.07, 6.45) is 3.77. The molecule has 1 aromatic rings. The molecule has 0 aliphatic carbocycles. The van der Waals surface area contributed by atoms with E-state index in [1.54, 1.807) is 6.07 Å². The van der Waals surface area contributed by atoms with Crippen LogP contribution in [0.4, 0.5) is 4.39 Å². The molecule has 0 atom stereocenters. The number of hydrogen-bond donors (Lipinski definition) is 0. The van der Waals surface area contributed by atoms with Crippen molar-refractivity contribution in [2.24, 2.45) is 0 Å². The van der Waals surface area contributed by atoms with Gasteiger partial charge in [0.25, 0.3) is 0 Å². The van der Waals surface area contributed by atoms with Gasteiger partial charge in [-0.05, 0) is 54.0 Å². The maximum Gasteiger partial charge on any atom is 0.180 e. The molecule has 0 aromatic heterocycles. The smallest absolute Gasteiger partial charge is 0.180 e. The van der Waals surface area contributed by atoms with Gasteiger partial charge in [-0.15, -0.1) is 0 Å². The molecule has 1 aliphatic heterocycles. The van der Waals surface area contributed by atoms with Crippen molar-refractivity contribution in [2.75, 3.05) is 26.2 Å². The van der Waals surface area contributed by atoms with Crippen molar-refractivity contribution in [3.8, 4) is 11.8 Å². The average molecular weight is 327 g/mol. The third-order valence-corrected chi connectivity index (χ3v) is 4.06. The molecule has 5 heteroatoms. The van der Waals surface area contributed by atoms with Gasteiger partial charge in [0.1, 0.15) is 12.7 Å². The monoisotopic (exact) mass is 326 g/mol. The lowest BCUT2D eigenvalue weighted by molar-refractivity contribution is 0.180. The van der Waals surface area contributed by atoms with Crippen LogP contribution in [0.2, 0.25) is 0 Å². The Bertz CT molecular complexity index is 481. The van der Waals surface area contributed by atoms with Gasteiger partial charge in [-0.3, -0.25) is 4.90 Å². The first kappa shape index (κ1) is 14.3. The van der Waals surface area contributed by atoms with Crippen molar-refractivity contribution < 1.29 is 9.13 Å². The Kier molecular flexibility index (Phi) is 5.17. The Hall–Kier alpha value is -1.12. The summed E-state index contributed by atoms with van der Waals surface area (Å²) in [6, 6.07) is 4.99. The number of halogens is 2. The lowest BCUT2D eigenvalue weighted by atomic mass is 10.1. The molecule has 0 radical (unpaired) electrons. The number of nitrogens with zero attached hydrogens (tertiary/aromatic N) is 2. The van der Waals surface area contributed by atoms with Gasteiger partial charge in [-0.2, -0.15) is 5.26 Å². The zero-order chi connectivity index (χ0) is 13.7. The normalized spacial score (nSPS) is 16.1. The Morgan fingerprint density at radius 3 is 2.74 bits per heavy atom. The van der Waals surface area contributed by atoms with E-state index in [-0.39, 0.29) is 15.8 Å². The fraction of sp³-hybridized carbons (Fsp3) is 0.500. The van der Waals surface area contributed by atoms with Crippen molar-refractivity contribution in [1.82, 2.24) is 4.90 Å². The molecule has 1 fully saturated rings.